The van der Waals surface area contributed by atoms with Gasteiger partial charge in [0, 0.05) is 18.8 Å². The first kappa shape index (κ1) is 15.6. The molecule has 4 atom stereocenters. The summed E-state index contributed by atoms with van der Waals surface area (Å²) in [6.07, 6.45) is 5.08. The quantitative estimate of drug-likeness (QED) is 0.622. The molecule has 0 saturated heterocycles. The van der Waals surface area contributed by atoms with Gasteiger partial charge in [-0.15, -0.1) is 0 Å². The molecule has 3 nitrogen and oxygen atoms in total. The van der Waals surface area contributed by atoms with Crippen LogP contribution in [0.15, 0.2) is 12.2 Å². The summed E-state index contributed by atoms with van der Waals surface area (Å²) in [5, 5.41) is 10.5. The maximum Gasteiger partial charge on any atom is 0.302 e. The largest absolute Gasteiger partial charge is 0.461 e. The molecule has 0 aromatic carbocycles. The Kier molecular flexibility index (Phi) is 4.03. The number of esters is 1. The molecule has 0 bridgehead atoms. The predicted molar refractivity (Wildman–Crippen MR) is 79.2 cm³/mol. The van der Waals surface area contributed by atoms with Crippen LogP contribution in [0, 0.1) is 17.3 Å². The smallest absolute Gasteiger partial charge is 0.302 e. The average molecular weight is 280 g/mol. The van der Waals surface area contributed by atoms with Crippen LogP contribution in [0.1, 0.15) is 59.8 Å². The Bertz CT molecular complexity index is 407. The van der Waals surface area contributed by atoms with E-state index < -0.39 is 5.60 Å². The van der Waals surface area contributed by atoms with Gasteiger partial charge in [0.2, 0.25) is 0 Å². The van der Waals surface area contributed by atoms with Crippen molar-refractivity contribution in [3.63, 3.8) is 0 Å². The third-order valence-electron chi connectivity index (χ3n) is 5.40. The van der Waals surface area contributed by atoms with E-state index in [1.165, 1.54) is 18.9 Å². The van der Waals surface area contributed by atoms with Crippen LogP contribution in [0.2, 0.25) is 0 Å². The Morgan fingerprint density at radius 3 is 2.65 bits per heavy atom. The minimum Gasteiger partial charge on any atom is -0.461 e. The Labute approximate surface area is 122 Å². The second-order valence-corrected chi connectivity index (χ2v) is 7.52. The molecule has 0 aliphatic heterocycles. The lowest BCUT2D eigenvalue weighted by Gasteiger charge is -2.54. The molecular formula is C17H28O3. The molecule has 20 heavy (non-hydrogen) atoms. The molecule has 2 saturated carbocycles. The number of ether oxygens (including phenoxy) is 1. The standard InChI is InChI=1S/C17H28O3/c1-11-7-6-9-17(5)10-8-13(16(3,4)19)15(14(11)17)20-12(2)18/h13-15,19H,1,6-10H2,2-5H3/t13-,14?,15?,17-/m1/s1. The van der Waals surface area contributed by atoms with E-state index in [0.29, 0.717) is 0 Å². The second-order valence-electron chi connectivity index (χ2n) is 7.52. The molecule has 3 heteroatoms. The number of rotatable bonds is 2. The number of hydrogen-bond acceptors (Lipinski definition) is 3. The highest BCUT2D eigenvalue weighted by molar-refractivity contribution is 5.66. The first-order valence-corrected chi connectivity index (χ1v) is 7.72. The van der Waals surface area contributed by atoms with Crippen molar-refractivity contribution in [3.05, 3.63) is 12.2 Å². The zero-order valence-corrected chi connectivity index (χ0v) is 13.2. The molecule has 0 heterocycles. The number of carbonyl (C=O) groups is 1. The molecule has 2 aliphatic rings. The summed E-state index contributed by atoms with van der Waals surface area (Å²) in [5.74, 6) is -0.0866. The van der Waals surface area contributed by atoms with Crippen molar-refractivity contribution >= 4 is 5.97 Å². The molecule has 1 N–H and O–H groups in total. The molecule has 2 fully saturated rings. The van der Waals surface area contributed by atoms with Gasteiger partial charge in [0.05, 0.1) is 5.60 Å². The topological polar surface area (TPSA) is 46.5 Å². The number of carbonyl (C=O) groups excluding carboxylic acids is 1. The van der Waals surface area contributed by atoms with E-state index in [9.17, 15) is 9.90 Å². The third kappa shape index (κ3) is 2.78. The summed E-state index contributed by atoms with van der Waals surface area (Å²) in [6.45, 7) is 11.6. The Morgan fingerprint density at radius 2 is 2.10 bits per heavy atom. The number of fused-ring (bicyclic) bond motifs is 1. The second kappa shape index (κ2) is 5.18. The molecule has 0 aromatic rings. The Morgan fingerprint density at radius 1 is 1.45 bits per heavy atom. The molecule has 2 rings (SSSR count). The summed E-state index contributed by atoms with van der Waals surface area (Å²) in [5.41, 5.74) is 0.523. The summed E-state index contributed by atoms with van der Waals surface area (Å²) >= 11 is 0. The van der Waals surface area contributed by atoms with E-state index in [0.717, 1.165) is 25.7 Å². The first-order chi connectivity index (χ1) is 9.15. The van der Waals surface area contributed by atoms with E-state index in [1.807, 2.05) is 13.8 Å². The summed E-state index contributed by atoms with van der Waals surface area (Å²) in [7, 11) is 0. The fourth-order valence-electron chi connectivity index (χ4n) is 4.41. The van der Waals surface area contributed by atoms with Crippen LogP contribution in [0.3, 0.4) is 0 Å². The molecule has 2 unspecified atom stereocenters. The minimum atomic E-state index is -0.834. The van der Waals surface area contributed by atoms with Crippen LogP contribution in [0.25, 0.3) is 0 Å². The average Bonchev–Trinajstić information content (AvgIpc) is 2.25. The van der Waals surface area contributed by atoms with E-state index in [4.69, 9.17) is 4.74 Å². The van der Waals surface area contributed by atoms with Gasteiger partial charge in [-0.05, 0) is 51.4 Å². The summed E-state index contributed by atoms with van der Waals surface area (Å²) in [6, 6.07) is 0. The molecule has 0 amide bonds. The molecular weight excluding hydrogens is 252 g/mol. The maximum absolute atomic E-state index is 11.5. The third-order valence-corrected chi connectivity index (χ3v) is 5.40. The van der Waals surface area contributed by atoms with Gasteiger partial charge >= 0.3 is 5.97 Å². The number of hydrogen-bond donors (Lipinski definition) is 1. The lowest BCUT2D eigenvalue weighted by Crippen LogP contribution is -2.54. The molecule has 0 radical (unpaired) electrons. The zero-order chi connectivity index (χ0) is 15.1. The van der Waals surface area contributed by atoms with Crippen molar-refractivity contribution in [1.82, 2.24) is 0 Å². The molecule has 0 spiro atoms. The van der Waals surface area contributed by atoms with Crippen LogP contribution in [0.5, 0.6) is 0 Å². The van der Waals surface area contributed by atoms with E-state index in [1.54, 1.807) is 0 Å². The van der Waals surface area contributed by atoms with Gasteiger partial charge in [-0.1, -0.05) is 19.1 Å². The normalized spacial score (nSPS) is 38.2. The van der Waals surface area contributed by atoms with Gasteiger partial charge in [-0.2, -0.15) is 0 Å². The van der Waals surface area contributed by atoms with Crippen LogP contribution < -0.4 is 0 Å². The van der Waals surface area contributed by atoms with Gasteiger partial charge in [0.15, 0.2) is 0 Å². The van der Waals surface area contributed by atoms with Crippen LogP contribution in [0.4, 0.5) is 0 Å². The van der Waals surface area contributed by atoms with Crippen LogP contribution in [-0.2, 0) is 9.53 Å². The lowest BCUT2D eigenvalue weighted by atomic mass is 9.54. The highest BCUT2D eigenvalue weighted by Gasteiger charge is 2.53. The predicted octanol–water partition coefficient (Wildman–Crippen LogP) is 3.46. The monoisotopic (exact) mass is 280 g/mol. The van der Waals surface area contributed by atoms with Gasteiger partial charge in [-0.3, -0.25) is 4.79 Å². The fraction of sp³-hybridized carbons (Fsp3) is 0.824. The molecule has 0 aromatic heterocycles. The van der Waals surface area contributed by atoms with Gasteiger partial charge in [0.1, 0.15) is 6.10 Å². The minimum absolute atomic E-state index is 0.0145. The molecule has 114 valence electrons. The summed E-state index contributed by atoms with van der Waals surface area (Å²) in [4.78, 5) is 11.5. The Hall–Kier alpha value is -0.830. The van der Waals surface area contributed by atoms with E-state index >= 15 is 0 Å². The van der Waals surface area contributed by atoms with Crippen molar-refractivity contribution in [2.24, 2.45) is 17.3 Å². The maximum atomic E-state index is 11.5. The van der Waals surface area contributed by atoms with Crippen molar-refractivity contribution in [2.45, 2.75) is 71.5 Å². The summed E-state index contributed by atoms with van der Waals surface area (Å²) < 4.78 is 5.68. The molecule has 2 aliphatic carbocycles. The highest BCUT2D eigenvalue weighted by Crippen LogP contribution is 2.55. The van der Waals surface area contributed by atoms with E-state index in [-0.39, 0.29) is 29.3 Å². The highest BCUT2D eigenvalue weighted by atomic mass is 16.5. The van der Waals surface area contributed by atoms with Crippen molar-refractivity contribution in [2.75, 3.05) is 0 Å². The SMILES string of the molecule is C=C1CCC[C@]2(C)CC[C@@H](C(C)(C)O)C(OC(C)=O)C12. The van der Waals surface area contributed by atoms with Gasteiger partial charge in [0.25, 0.3) is 0 Å². The first-order valence-electron chi connectivity index (χ1n) is 7.72. The van der Waals surface area contributed by atoms with Crippen LogP contribution >= 0.6 is 0 Å². The van der Waals surface area contributed by atoms with Crippen molar-refractivity contribution in [1.29, 1.82) is 0 Å². The van der Waals surface area contributed by atoms with Gasteiger partial charge < -0.3 is 9.84 Å². The Balaban J connectivity index is 2.37. The number of aliphatic hydroxyl groups is 1. The van der Waals surface area contributed by atoms with Crippen molar-refractivity contribution in [3.8, 4) is 0 Å². The zero-order valence-electron chi connectivity index (χ0n) is 13.2. The van der Waals surface area contributed by atoms with E-state index in [2.05, 4.69) is 13.5 Å². The lowest BCUT2D eigenvalue weighted by molar-refractivity contribution is -0.174. The van der Waals surface area contributed by atoms with Crippen molar-refractivity contribution < 1.29 is 14.6 Å². The van der Waals surface area contributed by atoms with Crippen LogP contribution in [-0.4, -0.2) is 22.8 Å². The fourth-order valence-corrected chi connectivity index (χ4v) is 4.41. The van der Waals surface area contributed by atoms with Gasteiger partial charge in [-0.25, -0.2) is 0 Å².